The largest absolute Gasteiger partial charge is 0.417 e. The maximum Gasteiger partial charge on any atom is 0.417 e. The molecule has 4 N–H and O–H groups in total. The van der Waals surface area contributed by atoms with Crippen LogP contribution in [-0.2, 0) is 65.3 Å². The van der Waals surface area contributed by atoms with E-state index in [4.69, 9.17) is 11.6 Å². The molecule has 11 amide bonds. The van der Waals surface area contributed by atoms with Gasteiger partial charge in [-0.2, -0.15) is 13.2 Å². The number of hydrogen-bond donors (Lipinski definition) is 4. The lowest BCUT2D eigenvalue weighted by atomic mass is 9.84. The molecule has 1 saturated carbocycles. The highest BCUT2D eigenvalue weighted by molar-refractivity contribution is 6.31. The normalized spacial score (nSPS) is 26.7. The van der Waals surface area contributed by atoms with Gasteiger partial charge in [0.25, 0.3) is 0 Å². The van der Waals surface area contributed by atoms with Crippen molar-refractivity contribution >= 4 is 76.6 Å². The third-order valence-electron chi connectivity index (χ3n) is 19.2. The number of fused-ring (bicyclic) bond motifs is 1. The van der Waals surface area contributed by atoms with Crippen LogP contribution >= 0.6 is 11.6 Å². The van der Waals surface area contributed by atoms with Crippen LogP contribution in [0.25, 0.3) is 0 Å². The highest BCUT2D eigenvalue weighted by Crippen LogP contribution is 2.36. The second-order valence-electron chi connectivity index (χ2n) is 28.2. The Morgan fingerprint density at radius 1 is 0.613 bits per heavy atom. The van der Waals surface area contributed by atoms with Crippen LogP contribution in [0.2, 0.25) is 5.02 Å². The number of carbonyl (C=O) groups is 11. The predicted octanol–water partition coefficient (Wildman–Crippen LogP) is 6.43. The van der Waals surface area contributed by atoms with Crippen LogP contribution in [0.5, 0.6) is 0 Å². The summed E-state index contributed by atoms with van der Waals surface area (Å²) in [5, 5.41) is 10.7. The van der Waals surface area contributed by atoms with E-state index in [1.54, 1.807) is 27.7 Å². The fourth-order valence-electron chi connectivity index (χ4n) is 12.2. The molecule has 3 fully saturated rings. The molecule has 524 valence electrons. The highest BCUT2D eigenvalue weighted by Gasteiger charge is 2.46. The maximum atomic E-state index is 15.0. The fourth-order valence-corrected chi connectivity index (χ4v) is 12.5. The number of amides is 11. The number of nitrogens with one attached hydrogen (secondary N) is 4. The summed E-state index contributed by atoms with van der Waals surface area (Å²) < 4.78 is 41.4. The molecule has 2 aliphatic heterocycles. The number of carbonyl (C=O) groups excluding carboxylic acids is 11. The third-order valence-corrected chi connectivity index (χ3v) is 19.5. The Balaban J connectivity index is 1.85. The van der Waals surface area contributed by atoms with E-state index in [0.29, 0.717) is 6.42 Å². The van der Waals surface area contributed by atoms with Gasteiger partial charge in [-0.25, -0.2) is 0 Å². The monoisotopic (exact) mass is 1330 g/mol. The van der Waals surface area contributed by atoms with Gasteiger partial charge in [0.2, 0.25) is 65.0 Å². The molecule has 10 atom stereocenters. The van der Waals surface area contributed by atoms with Crippen molar-refractivity contribution < 1.29 is 65.9 Å². The molecule has 0 radical (unpaired) electrons. The Morgan fingerprint density at radius 2 is 1.18 bits per heavy atom. The van der Waals surface area contributed by atoms with Gasteiger partial charge in [-0.15, -0.1) is 0 Å². The van der Waals surface area contributed by atoms with Crippen molar-refractivity contribution in [3.8, 4) is 0 Å². The van der Waals surface area contributed by atoms with Crippen molar-refractivity contribution in [3.63, 3.8) is 0 Å². The molecular formula is C67H107ClF3N11O11. The van der Waals surface area contributed by atoms with E-state index in [2.05, 4.69) is 21.3 Å². The van der Waals surface area contributed by atoms with Crippen LogP contribution in [0, 0.1) is 29.6 Å². The minimum atomic E-state index is -4.76. The first-order chi connectivity index (χ1) is 43.2. The number of benzene rings is 1. The molecule has 93 heavy (non-hydrogen) atoms. The molecule has 26 heteroatoms. The highest BCUT2D eigenvalue weighted by atomic mass is 35.5. The topological polar surface area (TPSA) is 259 Å². The van der Waals surface area contributed by atoms with Gasteiger partial charge in [0.15, 0.2) is 0 Å². The summed E-state index contributed by atoms with van der Waals surface area (Å²) in [6.07, 6.45) is 0.318. The lowest BCUT2D eigenvalue weighted by Crippen LogP contribution is -2.64. The standard InChI is InChI=1S/C67H107ClF3N11O11/c1-19-41(8)56-64(92)76(13)37-55(84)82-30-29-51(82)62(90)80(17)53(36-44-23-21-20-22-24-44)63(91)78(15)43(10)57(85)72-48(28-26-45-25-27-46(47(68)35-45)67(69,70)71)58(86)73-50(32-39(4)5)61(89)81(18)66(11,12)65(93)74-49(31-38(2)3)60(88)77(14)42(9)34-54(83)79(16)52(33-40(6)7)59(87)75-56/h25,27,35,38-44,48-53,56H,19-24,26,28-34,36-37H2,1-18H3,(H,72,85)(H,73,86)(H,74,93)(H,75,87)/t41-,42+,43+,48-,49-,50-,51?,52-,53-,56-/m0/s1. The summed E-state index contributed by atoms with van der Waals surface area (Å²) in [4.78, 5) is 170. The van der Waals surface area contributed by atoms with E-state index in [9.17, 15) is 61.1 Å². The molecule has 0 bridgehead atoms. The zero-order valence-electron chi connectivity index (χ0n) is 58.3. The van der Waals surface area contributed by atoms with E-state index in [-0.39, 0.29) is 87.1 Å². The number of likely N-dealkylation sites (N-methyl/N-ethyl adjacent to an activating group) is 6. The van der Waals surface area contributed by atoms with Crippen molar-refractivity contribution in [2.45, 2.75) is 239 Å². The Hall–Kier alpha value is -6.53. The van der Waals surface area contributed by atoms with Gasteiger partial charge in [0.05, 0.1) is 17.1 Å². The SMILES string of the molecule is CC[C@H](C)[C@@H]1NC(=O)[C@H](CC(C)C)N(C)C(=O)C[C@@H](C)N(C)C(=O)[C@H](CC(C)C)NC(=O)C(C)(C)N(C)C(=O)[C@H](CC(C)C)NC(=O)[C@H](CCc2ccc(C(F)(F)F)c(Cl)c2)NC(=O)[C@@H](C)N(C)C(=O)[C@H](CC2CCCCC2)N(C)C(=O)C2CCN2C(=O)CN(C)C1=O. The Kier molecular flexibility index (Phi) is 29.0. The number of nitrogens with zero attached hydrogens (tertiary/aromatic N) is 7. The van der Waals surface area contributed by atoms with E-state index < -0.39 is 154 Å². The third kappa shape index (κ3) is 21.0. The first kappa shape index (κ1) is 78.9. The summed E-state index contributed by atoms with van der Waals surface area (Å²) in [5.41, 5.74) is -2.49. The van der Waals surface area contributed by atoms with Crippen LogP contribution in [0.4, 0.5) is 13.2 Å². The number of alkyl halides is 3. The first-order valence-corrected chi connectivity index (χ1v) is 33.5. The van der Waals surface area contributed by atoms with Crippen LogP contribution in [0.1, 0.15) is 178 Å². The van der Waals surface area contributed by atoms with Gasteiger partial charge in [0, 0.05) is 61.3 Å². The number of hydrogen-bond acceptors (Lipinski definition) is 11. The molecule has 22 nitrogen and oxygen atoms in total. The average molecular weight is 1340 g/mol. The molecule has 2 heterocycles. The van der Waals surface area contributed by atoms with Crippen molar-refractivity contribution in [1.82, 2.24) is 55.6 Å². The molecular weight excluding hydrogens is 1230 g/mol. The van der Waals surface area contributed by atoms with Crippen molar-refractivity contribution in [3.05, 3.63) is 34.3 Å². The van der Waals surface area contributed by atoms with E-state index in [1.807, 2.05) is 34.6 Å². The summed E-state index contributed by atoms with van der Waals surface area (Å²) >= 11 is 6.12. The molecule has 1 aromatic rings. The number of halogens is 4. The van der Waals surface area contributed by atoms with Gasteiger partial charge in [-0.05, 0) is 120 Å². The van der Waals surface area contributed by atoms with Crippen molar-refractivity contribution in [1.29, 1.82) is 0 Å². The van der Waals surface area contributed by atoms with Crippen molar-refractivity contribution in [2.24, 2.45) is 29.6 Å². The Morgan fingerprint density at radius 3 is 1.71 bits per heavy atom. The predicted molar refractivity (Wildman–Crippen MR) is 348 cm³/mol. The molecule has 1 aliphatic carbocycles. The molecule has 1 aromatic carbocycles. The van der Waals surface area contributed by atoms with Gasteiger partial charge < -0.3 is 55.6 Å². The van der Waals surface area contributed by atoms with Crippen LogP contribution in [0.3, 0.4) is 0 Å². The molecule has 2 saturated heterocycles. The second-order valence-corrected chi connectivity index (χ2v) is 28.6. The zero-order chi connectivity index (χ0) is 70.5. The smallest absolute Gasteiger partial charge is 0.343 e. The quantitative estimate of drug-likeness (QED) is 0.167. The average Bonchev–Trinajstić information content (AvgIpc) is 0.813. The second kappa shape index (κ2) is 34.2. The van der Waals surface area contributed by atoms with Gasteiger partial charge in [-0.1, -0.05) is 112 Å². The summed E-state index contributed by atoms with van der Waals surface area (Å²) in [6, 6.07) is -7.29. The first-order valence-electron chi connectivity index (χ1n) is 33.1. The van der Waals surface area contributed by atoms with Crippen molar-refractivity contribution in [2.75, 3.05) is 55.4 Å². The summed E-state index contributed by atoms with van der Waals surface area (Å²) in [6.45, 7) is 20.5. The Bertz CT molecular complexity index is 2830. The van der Waals surface area contributed by atoms with Crippen LogP contribution < -0.4 is 21.3 Å². The van der Waals surface area contributed by atoms with Gasteiger partial charge >= 0.3 is 6.18 Å². The van der Waals surface area contributed by atoms with Gasteiger partial charge in [-0.3, -0.25) is 52.7 Å². The molecule has 4 rings (SSSR count). The van der Waals surface area contributed by atoms with E-state index >= 15 is 4.79 Å². The zero-order valence-corrected chi connectivity index (χ0v) is 59.0. The Labute approximate surface area is 554 Å². The molecule has 0 spiro atoms. The van der Waals surface area contributed by atoms with E-state index in [1.165, 1.54) is 98.5 Å². The summed E-state index contributed by atoms with van der Waals surface area (Å²) in [5.74, 6) is -7.98. The fraction of sp³-hybridized carbons (Fsp3) is 0.746. The molecule has 0 aromatic heterocycles. The minimum absolute atomic E-state index is 0.0228. The van der Waals surface area contributed by atoms with Crippen LogP contribution in [0.15, 0.2) is 18.2 Å². The summed E-state index contributed by atoms with van der Waals surface area (Å²) in [7, 11) is 8.65. The maximum absolute atomic E-state index is 15.0. The van der Waals surface area contributed by atoms with E-state index in [0.717, 1.165) is 49.1 Å². The minimum Gasteiger partial charge on any atom is -0.343 e. The number of rotatable bonds is 13. The van der Waals surface area contributed by atoms with Gasteiger partial charge in [0.1, 0.15) is 53.9 Å². The lowest BCUT2D eigenvalue weighted by Gasteiger charge is -2.44. The molecule has 3 aliphatic rings. The molecule has 1 unspecified atom stereocenters. The van der Waals surface area contributed by atoms with Crippen LogP contribution in [-0.4, -0.2) is 215 Å². The number of aryl methyl sites for hydroxylation is 1. The lowest BCUT2D eigenvalue weighted by molar-refractivity contribution is -0.158.